The fourth-order valence-corrected chi connectivity index (χ4v) is 3.68. The third-order valence-electron chi connectivity index (χ3n) is 4.43. The number of aliphatic hydroxyl groups is 5. The van der Waals surface area contributed by atoms with E-state index in [1.165, 1.54) is 0 Å². The Labute approximate surface area is 176 Å². The minimum absolute atomic E-state index is 0. The largest absolute Gasteiger partial charge is 1.00 e. The van der Waals surface area contributed by atoms with Crippen LogP contribution in [-0.2, 0) is 33.5 Å². The van der Waals surface area contributed by atoms with Crippen LogP contribution in [0.3, 0.4) is 0 Å². The van der Waals surface area contributed by atoms with Gasteiger partial charge in [0, 0.05) is 0 Å². The number of rotatable bonds is 5. The molecule has 0 aliphatic carbocycles. The molecule has 0 aromatic rings. The Morgan fingerprint density at radius 3 is 2.30 bits per heavy atom. The van der Waals surface area contributed by atoms with Gasteiger partial charge in [0.2, 0.25) is 10.4 Å². The van der Waals surface area contributed by atoms with Crippen LogP contribution >= 0.6 is 0 Å². The molecular formula is C12H19NaO13S. The van der Waals surface area contributed by atoms with Gasteiger partial charge in [-0.3, -0.25) is 4.18 Å². The van der Waals surface area contributed by atoms with E-state index in [0.29, 0.717) is 0 Å². The Morgan fingerprint density at radius 1 is 1.04 bits per heavy atom. The molecule has 0 aromatic carbocycles. The summed E-state index contributed by atoms with van der Waals surface area (Å²) in [7, 11) is -5.07. The zero-order valence-corrected chi connectivity index (χ0v) is 16.9. The normalized spacial score (nSPS) is 47.5. The van der Waals surface area contributed by atoms with Gasteiger partial charge in [-0.15, -0.1) is 0 Å². The van der Waals surface area contributed by atoms with Crippen LogP contribution in [0, 0.1) is 0 Å². The topological polar surface area (TPSA) is 204 Å². The first-order chi connectivity index (χ1) is 12.1. The standard InChI is InChI=1S/C12H20O13S.Na/c13-1-3-5(14)9(6(15)11(17)22-3)24-12-7(16)10-8(25-26(18,19)20)4(23-12)2-21-10;/h3-17H,1-2H2,(H,18,19,20);/q;+1/p-1/t3-,4-,5+,6-,7-,8?,9+,10-,11-,12-;/m1./s1. The van der Waals surface area contributed by atoms with Gasteiger partial charge in [-0.05, 0) is 0 Å². The monoisotopic (exact) mass is 426 g/mol. The molecule has 0 saturated carbocycles. The van der Waals surface area contributed by atoms with Gasteiger partial charge >= 0.3 is 29.6 Å². The van der Waals surface area contributed by atoms with Gasteiger partial charge < -0.3 is 49.0 Å². The smallest absolute Gasteiger partial charge is 0.726 e. The van der Waals surface area contributed by atoms with Crippen molar-refractivity contribution in [2.75, 3.05) is 13.2 Å². The first kappa shape index (κ1) is 23.8. The summed E-state index contributed by atoms with van der Waals surface area (Å²) in [6, 6.07) is 0. The fourth-order valence-electron chi connectivity index (χ4n) is 3.17. The molecule has 3 heterocycles. The van der Waals surface area contributed by atoms with Crippen LogP contribution in [0.4, 0.5) is 0 Å². The van der Waals surface area contributed by atoms with Crippen molar-refractivity contribution >= 4 is 10.4 Å². The van der Waals surface area contributed by atoms with E-state index >= 15 is 0 Å². The summed E-state index contributed by atoms with van der Waals surface area (Å²) < 4.78 is 57.3. The molecule has 3 aliphatic heterocycles. The molecule has 0 aromatic heterocycles. The Kier molecular flexibility index (Phi) is 8.03. The SMILES string of the molecule is O=S(=O)([O-])OC1[C@H]2CO[C@@H]1[C@@H](O)[C@@H](O[C@@H]1[C@@H](O)[C@H](O)O[C@H](CO)[C@@H]1O)O2.[Na+]. The van der Waals surface area contributed by atoms with Crippen LogP contribution in [0.15, 0.2) is 0 Å². The number of ether oxygens (including phenoxy) is 4. The molecule has 2 bridgehead atoms. The van der Waals surface area contributed by atoms with E-state index in [2.05, 4.69) is 4.18 Å². The molecule has 3 saturated heterocycles. The predicted molar refractivity (Wildman–Crippen MR) is 73.8 cm³/mol. The van der Waals surface area contributed by atoms with Gasteiger partial charge in [0.05, 0.1) is 13.2 Å². The predicted octanol–water partition coefficient (Wildman–Crippen LogP) is -7.86. The number of hydrogen-bond donors (Lipinski definition) is 5. The van der Waals surface area contributed by atoms with Gasteiger partial charge in [-0.1, -0.05) is 0 Å². The molecule has 13 nitrogen and oxygen atoms in total. The molecule has 5 N–H and O–H groups in total. The molecule has 0 spiro atoms. The van der Waals surface area contributed by atoms with E-state index in [1.54, 1.807) is 0 Å². The van der Waals surface area contributed by atoms with Crippen molar-refractivity contribution < 1.29 is 91.2 Å². The Morgan fingerprint density at radius 2 is 1.70 bits per heavy atom. The van der Waals surface area contributed by atoms with Crippen LogP contribution in [0.2, 0.25) is 0 Å². The summed E-state index contributed by atoms with van der Waals surface area (Å²) in [5, 5.41) is 49.0. The van der Waals surface area contributed by atoms with Crippen molar-refractivity contribution in [2.45, 2.75) is 61.4 Å². The van der Waals surface area contributed by atoms with E-state index in [9.17, 15) is 33.4 Å². The van der Waals surface area contributed by atoms with Crippen molar-refractivity contribution in [1.29, 1.82) is 0 Å². The van der Waals surface area contributed by atoms with Gasteiger partial charge in [0.25, 0.3) is 0 Å². The second-order valence-electron chi connectivity index (χ2n) is 6.13. The zero-order chi connectivity index (χ0) is 19.2. The van der Waals surface area contributed by atoms with Crippen LogP contribution in [0.1, 0.15) is 0 Å². The first-order valence-corrected chi connectivity index (χ1v) is 9.01. The first-order valence-electron chi connectivity index (χ1n) is 7.67. The van der Waals surface area contributed by atoms with Crippen molar-refractivity contribution in [3.8, 4) is 0 Å². The summed E-state index contributed by atoms with van der Waals surface area (Å²) >= 11 is 0. The van der Waals surface area contributed by atoms with Crippen molar-refractivity contribution in [1.82, 2.24) is 0 Å². The minimum Gasteiger partial charge on any atom is -0.726 e. The quantitative estimate of drug-likeness (QED) is 0.158. The molecule has 3 rings (SSSR count). The van der Waals surface area contributed by atoms with Crippen LogP contribution < -0.4 is 29.6 Å². The third kappa shape index (κ3) is 4.99. The maximum atomic E-state index is 10.8. The summed E-state index contributed by atoms with van der Waals surface area (Å²) in [6.45, 7) is -0.868. The molecule has 27 heavy (non-hydrogen) atoms. The molecule has 10 atom stereocenters. The average Bonchev–Trinajstić information content (AvgIpc) is 2.84. The van der Waals surface area contributed by atoms with Gasteiger partial charge in [-0.2, -0.15) is 0 Å². The van der Waals surface area contributed by atoms with E-state index in [0.717, 1.165) is 0 Å². The number of aliphatic hydroxyl groups excluding tert-OH is 5. The Balaban J connectivity index is 0.00000261. The van der Waals surface area contributed by atoms with Crippen molar-refractivity contribution in [3.63, 3.8) is 0 Å². The Bertz CT molecular complexity index is 604. The summed E-state index contributed by atoms with van der Waals surface area (Å²) in [5.41, 5.74) is 0. The average molecular weight is 426 g/mol. The molecular weight excluding hydrogens is 407 g/mol. The van der Waals surface area contributed by atoms with Crippen LogP contribution in [0.5, 0.6) is 0 Å². The molecule has 0 amide bonds. The van der Waals surface area contributed by atoms with Crippen molar-refractivity contribution in [3.05, 3.63) is 0 Å². The van der Waals surface area contributed by atoms with Crippen LogP contribution in [-0.4, -0.2) is 113 Å². The van der Waals surface area contributed by atoms with Crippen molar-refractivity contribution in [2.24, 2.45) is 0 Å². The molecule has 1 unspecified atom stereocenters. The Hall–Kier alpha value is 0.510. The summed E-state index contributed by atoms with van der Waals surface area (Å²) in [6.07, 6.45) is -14.7. The number of fused-ring (bicyclic) bond motifs is 2. The second kappa shape index (κ2) is 9.11. The van der Waals surface area contributed by atoms with E-state index < -0.39 is 78.4 Å². The zero-order valence-electron chi connectivity index (χ0n) is 14.1. The third-order valence-corrected chi connectivity index (χ3v) is 4.89. The van der Waals surface area contributed by atoms with E-state index in [1.807, 2.05) is 0 Å². The van der Waals surface area contributed by atoms with E-state index in [-0.39, 0.29) is 36.2 Å². The van der Waals surface area contributed by atoms with Gasteiger partial charge in [0.15, 0.2) is 12.6 Å². The molecule has 0 radical (unpaired) electrons. The molecule has 3 aliphatic rings. The molecule has 152 valence electrons. The van der Waals surface area contributed by atoms with Gasteiger partial charge in [0.1, 0.15) is 48.8 Å². The summed E-state index contributed by atoms with van der Waals surface area (Å²) in [4.78, 5) is 0. The minimum atomic E-state index is -5.07. The second-order valence-corrected chi connectivity index (χ2v) is 7.14. The summed E-state index contributed by atoms with van der Waals surface area (Å²) in [5.74, 6) is 0. The maximum absolute atomic E-state index is 10.8. The molecule has 15 heteroatoms. The maximum Gasteiger partial charge on any atom is 1.00 e. The van der Waals surface area contributed by atoms with E-state index in [4.69, 9.17) is 24.1 Å². The number of hydrogen-bond acceptors (Lipinski definition) is 13. The van der Waals surface area contributed by atoms with Gasteiger partial charge in [-0.25, -0.2) is 8.42 Å². The fraction of sp³-hybridized carbons (Fsp3) is 1.00. The van der Waals surface area contributed by atoms with Crippen LogP contribution in [0.25, 0.3) is 0 Å². The molecule has 3 fully saturated rings.